The molecule has 0 amide bonds. The highest BCUT2D eigenvalue weighted by Gasteiger charge is 2.76. The Morgan fingerprint density at radius 1 is 0.422 bits per heavy atom. The maximum Gasteiger partial charge on any atom is 0.430 e. The maximum atomic E-state index is 14.0. The van der Waals surface area contributed by atoms with Crippen LogP contribution in [-0.2, 0) is 31.7 Å². The first-order chi connectivity index (χ1) is 28.2. The number of benzene rings is 2. The standard InChI is InChI=1S/C20H22F12O2.C16H14F12O2/c1-5-11(3)12-7-13(15(4,17(21,22)23)18(24,25)26)9-14(8-12)16(19(27,28)29,20(30,31)32)34-10-33-6-2;1-3-7(2)8-4-9(11(29,13(17,18)19)14(20,21)22)6-10(5-8)12(30,15(23,24)25)16(26,27)28/h7-9,11H,5-6,10H2,1-4H3;4-7,29-30H,3H2,1-2H3. The van der Waals surface area contributed by atoms with Crippen molar-refractivity contribution in [3.8, 4) is 0 Å². The lowest BCUT2D eigenvalue weighted by Crippen LogP contribution is -2.57. The average molecular weight is 989 g/mol. The van der Waals surface area contributed by atoms with Crippen LogP contribution in [0.3, 0.4) is 0 Å². The predicted molar refractivity (Wildman–Crippen MR) is 173 cm³/mol. The third-order valence-electron chi connectivity index (χ3n) is 10.2. The van der Waals surface area contributed by atoms with Crippen molar-refractivity contribution in [3.05, 3.63) is 69.8 Å². The Morgan fingerprint density at radius 2 is 0.703 bits per heavy atom. The Labute approximate surface area is 346 Å². The minimum Gasteiger partial charge on any atom is -0.369 e. The van der Waals surface area contributed by atoms with E-state index in [9.17, 15) is 116 Å². The van der Waals surface area contributed by atoms with E-state index < -0.39 is 136 Å². The van der Waals surface area contributed by atoms with Crippen molar-refractivity contribution < 1.29 is 125 Å². The number of hydrogen-bond acceptors (Lipinski definition) is 4. The number of ether oxygens (including phenoxy) is 2. The first-order valence-corrected chi connectivity index (χ1v) is 17.7. The lowest BCUT2D eigenvalue weighted by molar-refractivity contribution is -0.401. The molecule has 0 aliphatic carbocycles. The van der Waals surface area contributed by atoms with Gasteiger partial charge in [0.2, 0.25) is 0 Å². The molecule has 2 rings (SSSR count). The molecule has 0 saturated carbocycles. The minimum absolute atomic E-state index is 0.00577. The van der Waals surface area contributed by atoms with Crippen LogP contribution in [0.15, 0.2) is 36.4 Å². The minimum atomic E-state index is -6.56. The Hall–Kier alpha value is -3.40. The largest absolute Gasteiger partial charge is 0.430 e. The molecule has 2 aromatic rings. The second-order valence-electron chi connectivity index (χ2n) is 14.3. The first kappa shape index (κ1) is 58.6. The SMILES string of the molecule is CCC(C)c1cc(C(O)(C(F)(F)F)C(F)(F)F)cc(C(O)(C(F)(F)F)C(F)(F)F)c1.CCOCOC(c1cc(C(C)CC)cc(C(C)(C(F)(F)F)C(F)(F)F)c1)(C(F)(F)F)C(F)(F)F. The van der Waals surface area contributed by atoms with Gasteiger partial charge in [0.1, 0.15) is 6.79 Å². The van der Waals surface area contributed by atoms with Crippen molar-refractivity contribution in [1.29, 1.82) is 0 Å². The fourth-order valence-corrected chi connectivity index (χ4v) is 5.67. The number of hydrogen-bond donors (Lipinski definition) is 2. The van der Waals surface area contributed by atoms with Gasteiger partial charge in [-0.2, -0.15) is 105 Å². The van der Waals surface area contributed by atoms with Gasteiger partial charge in [0.15, 0.2) is 5.41 Å². The molecule has 0 spiro atoms. The van der Waals surface area contributed by atoms with Crippen molar-refractivity contribution in [2.24, 2.45) is 0 Å². The Bertz CT molecular complexity index is 1730. The highest BCUT2D eigenvalue weighted by molar-refractivity contribution is 5.43. The van der Waals surface area contributed by atoms with Gasteiger partial charge < -0.3 is 19.7 Å². The molecule has 0 aliphatic rings. The number of halogens is 24. The van der Waals surface area contributed by atoms with Crippen LogP contribution in [0.2, 0.25) is 0 Å². The third-order valence-corrected chi connectivity index (χ3v) is 10.2. The van der Waals surface area contributed by atoms with Gasteiger partial charge in [-0.3, -0.25) is 0 Å². The van der Waals surface area contributed by atoms with Crippen molar-refractivity contribution >= 4 is 0 Å². The van der Waals surface area contributed by atoms with E-state index in [1.807, 2.05) is 0 Å². The normalized spacial score (nSPS) is 15.8. The second-order valence-corrected chi connectivity index (χ2v) is 14.3. The van der Waals surface area contributed by atoms with Crippen LogP contribution >= 0.6 is 0 Å². The molecule has 0 fully saturated rings. The molecule has 28 heteroatoms. The van der Waals surface area contributed by atoms with E-state index in [4.69, 9.17) is 0 Å². The van der Waals surface area contributed by atoms with Crippen molar-refractivity contribution in [3.63, 3.8) is 0 Å². The quantitative estimate of drug-likeness (QED) is 0.126. The topological polar surface area (TPSA) is 58.9 Å². The molecule has 0 bridgehead atoms. The first-order valence-electron chi connectivity index (χ1n) is 17.7. The molecule has 2 N–H and O–H groups in total. The average Bonchev–Trinajstić information content (AvgIpc) is 3.10. The van der Waals surface area contributed by atoms with Gasteiger partial charge in [-0.15, -0.1) is 0 Å². The van der Waals surface area contributed by atoms with Crippen LogP contribution in [0, 0.1) is 0 Å². The summed E-state index contributed by atoms with van der Waals surface area (Å²) < 4.78 is 331. The monoisotopic (exact) mass is 988 g/mol. The summed E-state index contributed by atoms with van der Waals surface area (Å²) in [4.78, 5) is 0. The molecule has 0 heterocycles. The van der Waals surface area contributed by atoms with Gasteiger partial charge in [-0.25, -0.2) is 0 Å². The molecule has 2 atom stereocenters. The van der Waals surface area contributed by atoms with Crippen molar-refractivity contribution in [2.75, 3.05) is 13.4 Å². The summed E-state index contributed by atoms with van der Waals surface area (Å²) in [5.74, 6) is -2.12. The number of rotatable bonds is 12. The van der Waals surface area contributed by atoms with E-state index in [2.05, 4.69) is 9.47 Å². The van der Waals surface area contributed by atoms with Crippen molar-refractivity contribution in [2.45, 2.75) is 138 Å². The molecule has 2 aromatic carbocycles. The third kappa shape index (κ3) is 10.7. The summed E-state index contributed by atoms with van der Waals surface area (Å²) in [5.41, 5.74) is -31.5. The number of alkyl halides is 24. The Morgan fingerprint density at radius 3 is 0.953 bits per heavy atom. The van der Waals surface area contributed by atoms with Gasteiger partial charge >= 0.3 is 49.4 Å². The highest BCUT2D eigenvalue weighted by Crippen LogP contribution is 2.58. The predicted octanol–water partition coefficient (Wildman–Crippen LogP) is 13.7. The van der Waals surface area contributed by atoms with Crippen LogP contribution in [0.1, 0.15) is 99.6 Å². The summed E-state index contributed by atoms with van der Waals surface area (Å²) in [6.07, 6.45) is -51.3. The zero-order valence-corrected chi connectivity index (χ0v) is 33.2. The van der Waals surface area contributed by atoms with Crippen LogP contribution in [0.25, 0.3) is 0 Å². The molecular weight excluding hydrogens is 952 g/mol. The van der Waals surface area contributed by atoms with E-state index in [1.54, 1.807) is 0 Å². The van der Waals surface area contributed by atoms with Gasteiger partial charge in [0.25, 0.3) is 16.8 Å². The molecule has 0 radical (unpaired) electrons. The molecule has 64 heavy (non-hydrogen) atoms. The summed E-state index contributed by atoms with van der Waals surface area (Å²) in [7, 11) is 0. The van der Waals surface area contributed by atoms with Gasteiger partial charge in [-0.05, 0) is 61.3 Å². The van der Waals surface area contributed by atoms with E-state index in [0.717, 1.165) is 6.92 Å². The van der Waals surface area contributed by atoms with Gasteiger partial charge in [0.05, 0.1) is 0 Å². The van der Waals surface area contributed by atoms with E-state index in [1.165, 1.54) is 27.7 Å². The summed E-state index contributed by atoms with van der Waals surface area (Å²) in [5, 5.41) is 18.9. The van der Waals surface area contributed by atoms with Crippen LogP contribution in [0.4, 0.5) is 105 Å². The van der Waals surface area contributed by atoms with Gasteiger partial charge in [-0.1, -0.05) is 58.0 Å². The molecule has 0 saturated heterocycles. The maximum absolute atomic E-state index is 14.0. The summed E-state index contributed by atoms with van der Waals surface area (Å²) in [6, 6.07) is -0.609. The van der Waals surface area contributed by atoms with E-state index >= 15 is 0 Å². The Balaban J connectivity index is 0.000000645. The fourth-order valence-electron chi connectivity index (χ4n) is 5.67. The van der Waals surface area contributed by atoms with Crippen LogP contribution in [0.5, 0.6) is 0 Å². The Kier molecular flexibility index (Phi) is 17.1. The molecule has 0 aliphatic heterocycles. The number of aliphatic hydroxyl groups is 2. The summed E-state index contributed by atoms with van der Waals surface area (Å²) in [6.45, 7) is 3.92. The van der Waals surface area contributed by atoms with E-state index in [0.29, 0.717) is 6.07 Å². The lowest BCUT2D eigenvalue weighted by Gasteiger charge is -2.39. The fraction of sp³-hybridized carbons (Fsp3) is 0.667. The van der Waals surface area contributed by atoms with Crippen molar-refractivity contribution in [1.82, 2.24) is 0 Å². The second kappa shape index (κ2) is 18.7. The van der Waals surface area contributed by atoms with Crippen LogP contribution in [-0.4, -0.2) is 73.0 Å². The van der Waals surface area contributed by atoms with E-state index in [-0.39, 0.29) is 44.6 Å². The van der Waals surface area contributed by atoms with Crippen LogP contribution < -0.4 is 0 Å². The van der Waals surface area contributed by atoms with Gasteiger partial charge in [0, 0.05) is 23.3 Å². The molecule has 4 nitrogen and oxygen atoms in total. The zero-order chi connectivity index (χ0) is 51.1. The molecule has 0 aromatic heterocycles. The molecule has 2 unspecified atom stereocenters. The highest BCUT2D eigenvalue weighted by atomic mass is 19.4. The smallest absolute Gasteiger partial charge is 0.369 e. The lowest BCUT2D eigenvalue weighted by atomic mass is 9.76. The summed E-state index contributed by atoms with van der Waals surface area (Å²) >= 11 is 0. The zero-order valence-electron chi connectivity index (χ0n) is 33.2. The molecular formula is C36H36F24O4. The molecule has 372 valence electrons.